The molecule has 2 rings (SSSR count). The average molecular weight is 368 g/mol. The van der Waals surface area contributed by atoms with Crippen LogP contribution in [0.5, 0.6) is 5.75 Å². The Balaban J connectivity index is 1.91. The van der Waals surface area contributed by atoms with Crippen LogP contribution < -0.4 is 14.4 Å². The summed E-state index contributed by atoms with van der Waals surface area (Å²) in [6, 6.07) is 6.91. The Morgan fingerprint density at radius 1 is 1.16 bits per heavy atom. The fraction of sp³-hybridized carbons (Fsp3) is 0.611. The van der Waals surface area contributed by atoms with Crippen LogP contribution in [-0.4, -0.2) is 39.8 Å². The monoisotopic (exact) mass is 368 g/mol. The molecule has 1 aliphatic carbocycles. The summed E-state index contributed by atoms with van der Waals surface area (Å²) in [7, 11) is -1.80. The normalized spacial score (nSPS) is 17.4. The third-order valence-electron chi connectivity index (χ3n) is 4.58. The zero-order chi connectivity index (χ0) is 18.4. The Bertz CT molecular complexity index is 665. The topological polar surface area (TPSA) is 75.7 Å². The van der Waals surface area contributed by atoms with Crippen LogP contribution in [-0.2, 0) is 14.8 Å². The molecule has 25 heavy (non-hydrogen) atoms. The second kappa shape index (κ2) is 8.56. The summed E-state index contributed by atoms with van der Waals surface area (Å²) in [6.07, 6.45) is 7.43. The minimum atomic E-state index is -3.30. The van der Waals surface area contributed by atoms with Gasteiger partial charge in [0.05, 0.1) is 11.9 Å². The van der Waals surface area contributed by atoms with Crippen molar-refractivity contribution in [3.8, 4) is 5.75 Å². The highest BCUT2D eigenvalue weighted by Crippen LogP contribution is 2.21. The van der Waals surface area contributed by atoms with Gasteiger partial charge in [0.25, 0.3) is 5.91 Å². The van der Waals surface area contributed by atoms with E-state index >= 15 is 0 Å². The van der Waals surface area contributed by atoms with Gasteiger partial charge in [0, 0.05) is 13.1 Å². The first kappa shape index (κ1) is 19.6. The number of anilines is 1. The largest absolute Gasteiger partial charge is 0.481 e. The second-order valence-corrected chi connectivity index (χ2v) is 8.70. The highest BCUT2D eigenvalue weighted by molar-refractivity contribution is 7.92. The van der Waals surface area contributed by atoms with E-state index in [2.05, 4.69) is 5.32 Å². The molecule has 0 radical (unpaired) electrons. The van der Waals surface area contributed by atoms with E-state index in [4.69, 9.17) is 4.74 Å². The van der Waals surface area contributed by atoms with Gasteiger partial charge in [-0.1, -0.05) is 25.7 Å². The lowest BCUT2D eigenvalue weighted by molar-refractivity contribution is -0.128. The molecule has 1 aromatic carbocycles. The first-order valence-corrected chi connectivity index (χ1v) is 10.6. The van der Waals surface area contributed by atoms with E-state index in [1.54, 1.807) is 31.2 Å². The maximum Gasteiger partial charge on any atom is 0.260 e. The van der Waals surface area contributed by atoms with E-state index in [1.807, 2.05) is 0 Å². The van der Waals surface area contributed by atoms with Crippen molar-refractivity contribution in [3.63, 3.8) is 0 Å². The number of nitrogens with one attached hydrogen (secondary N) is 1. The van der Waals surface area contributed by atoms with Gasteiger partial charge in [0.2, 0.25) is 10.0 Å². The standard InChI is InChI=1S/C18H28N2O4S/c1-14(18(21)19-15-8-6-4-5-7-9-15)24-17-12-10-16(11-13-17)20(2)25(3,22)23/h10-15H,4-9H2,1-3H3,(H,19,21)/t14-/m1/s1. The van der Waals surface area contributed by atoms with Crippen molar-refractivity contribution in [1.82, 2.24) is 5.32 Å². The SMILES string of the molecule is C[C@@H](Oc1ccc(N(C)S(C)(=O)=O)cc1)C(=O)NC1CCCCCC1. The molecule has 0 unspecified atom stereocenters. The number of ether oxygens (including phenoxy) is 1. The summed E-state index contributed by atoms with van der Waals surface area (Å²) >= 11 is 0. The van der Waals surface area contributed by atoms with Gasteiger partial charge in [-0.2, -0.15) is 0 Å². The minimum absolute atomic E-state index is 0.107. The van der Waals surface area contributed by atoms with E-state index in [1.165, 1.54) is 24.2 Å². The molecule has 0 aromatic heterocycles. The first-order chi connectivity index (χ1) is 11.8. The van der Waals surface area contributed by atoms with Crippen molar-refractivity contribution >= 4 is 21.6 Å². The Labute approximate surface area is 150 Å². The van der Waals surface area contributed by atoms with Gasteiger partial charge in [0.15, 0.2) is 6.10 Å². The van der Waals surface area contributed by atoms with Crippen LogP contribution in [0.15, 0.2) is 24.3 Å². The molecular weight excluding hydrogens is 340 g/mol. The number of carbonyl (C=O) groups is 1. The number of hydrogen-bond acceptors (Lipinski definition) is 4. The fourth-order valence-electron chi connectivity index (χ4n) is 2.93. The molecule has 1 aliphatic rings. The van der Waals surface area contributed by atoms with Crippen LogP contribution in [0.25, 0.3) is 0 Å². The van der Waals surface area contributed by atoms with Crippen molar-refractivity contribution in [3.05, 3.63) is 24.3 Å². The van der Waals surface area contributed by atoms with Crippen LogP contribution in [0.2, 0.25) is 0 Å². The van der Waals surface area contributed by atoms with Crippen LogP contribution in [0.1, 0.15) is 45.4 Å². The summed E-state index contributed by atoms with van der Waals surface area (Å²) in [5.41, 5.74) is 0.547. The molecule has 6 nitrogen and oxygen atoms in total. The smallest absolute Gasteiger partial charge is 0.260 e. The molecule has 0 bridgehead atoms. The zero-order valence-corrected chi connectivity index (χ0v) is 16.0. The van der Waals surface area contributed by atoms with Crippen LogP contribution in [0, 0.1) is 0 Å². The summed E-state index contributed by atoms with van der Waals surface area (Å²) in [6.45, 7) is 1.72. The molecule has 1 aromatic rings. The van der Waals surface area contributed by atoms with Crippen molar-refractivity contribution in [2.75, 3.05) is 17.6 Å². The molecule has 7 heteroatoms. The predicted octanol–water partition coefficient (Wildman–Crippen LogP) is 2.69. The van der Waals surface area contributed by atoms with Crippen LogP contribution in [0.4, 0.5) is 5.69 Å². The van der Waals surface area contributed by atoms with E-state index in [0.717, 1.165) is 31.9 Å². The van der Waals surface area contributed by atoms with E-state index < -0.39 is 16.1 Å². The van der Waals surface area contributed by atoms with Crippen LogP contribution >= 0.6 is 0 Å². The van der Waals surface area contributed by atoms with Crippen LogP contribution in [0.3, 0.4) is 0 Å². The molecule has 1 N–H and O–H groups in total. The summed E-state index contributed by atoms with van der Waals surface area (Å²) in [5, 5.41) is 3.08. The van der Waals surface area contributed by atoms with Crippen molar-refractivity contribution < 1.29 is 17.9 Å². The van der Waals surface area contributed by atoms with Gasteiger partial charge in [-0.3, -0.25) is 9.10 Å². The molecule has 140 valence electrons. The van der Waals surface area contributed by atoms with E-state index in [0.29, 0.717) is 11.4 Å². The molecule has 0 aliphatic heterocycles. The number of hydrogen-bond donors (Lipinski definition) is 1. The Morgan fingerprint density at radius 2 is 1.72 bits per heavy atom. The van der Waals surface area contributed by atoms with Gasteiger partial charge in [-0.25, -0.2) is 8.42 Å². The van der Waals surface area contributed by atoms with Crippen molar-refractivity contribution in [2.45, 2.75) is 57.6 Å². The van der Waals surface area contributed by atoms with E-state index in [9.17, 15) is 13.2 Å². The molecule has 1 saturated carbocycles. The lowest BCUT2D eigenvalue weighted by Crippen LogP contribution is -2.42. The van der Waals surface area contributed by atoms with E-state index in [-0.39, 0.29) is 11.9 Å². The van der Waals surface area contributed by atoms with Gasteiger partial charge < -0.3 is 10.1 Å². The summed E-state index contributed by atoms with van der Waals surface area (Å²) in [5.74, 6) is 0.429. The molecule has 0 saturated heterocycles. The van der Waals surface area contributed by atoms with Gasteiger partial charge >= 0.3 is 0 Å². The number of benzene rings is 1. The minimum Gasteiger partial charge on any atom is -0.481 e. The Hall–Kier alpha value is -1.76. The number of carbonyl (C=O) groups excluding carboxylic acids is 1. The molecule has 1 atom stereocenters. The zero-order valence-electron chi connectivity index (χ0n) is 15.2. The maximum atomic E-state index is 12.3. The highest BCUT2D eigenvalue weighted by atomic mass is 32.2. The molecule has 1 amide bonds. The lowest BCUT2D eigenvalue weighted by atomic mass is 10.1. The maximum absolute atomic E-state index is 12.3. The molecule has 0 spiro atoms. The quantitative estimate of drug-likeness (QED) is 0.783. The van der Waals surface area contributed by atoms with Crippen molar-refractivity contribution in [1.29, 1.82) is 0 Å². The number of nitrogens with zero attached hydrogens (tertiary/aromatic N) is 1. The molecule has 0 heterocycles. The average Bonchev–Trinajstić information content (AvgIpc) is 2.82. The number of rotatable bonds is 6. The van der Waals surface area contributed by atoms with Gasteiger partial charge in [-0.05, 0) is 44.0 Å². The number of amides is 1. The molecule has 1 fully saturated rings. The third kappa shape index (κ3) is 5.92. The Kier molecular flexibility index (Phi) is 6.70. The van der Waals surface area contributed by atoms with Crippen molar-refractivity contribution in [2.24, 2.45) is 0 Å². The van der Waals surface area contributed by atoms with Gasteiger partial charge in [0.1, 0.15) is 5.75 Å². The second-order valence-electron chi connectivity index (χ2n) is 6.68. The first-order valence-electron chi connectivity index (χ1n) is 8.78. The third-order valence-corrected chi connectivity index (χ3v) is 5.79. The fourth-order valence-corrected chi connectivity index (χ4v) is 3.43. The van der Waals surface area contributed by atoms with Gasteiger partial charge in [-0.15, -0.1) is 0 Å². The number of sulfonamides is 1. The highest BCUT2D eigenvalue weighted by Gasteiger charge is 2.20. The summed E-state index contributed by atoms with van der Waals surface area (Å²) < 4.78 is 30.0. The summed E-state index contributed by atoms with van der Waals surface area (Å²) in [4.78, 5) is 12.3. The predicted molar refractivity (Wildman–Crippen MR) is 99.4 cm³/mol. The molecular formula is C18H28N2O4S. The lowest BCUT2D eigenvalue weighted by Gasteiger charge is -2.21. The Morgan fingerprint density at radius 3 is 2.24 bits per heavy atom.